The van der Waals surface area contributed by atoms with E-state index >= 15 is 0 Å². The molecule has 6 nitrogen and oxygen atoms in total. The molecular weight excluding hydrogens is 426 g/mol. The van der Waals surface area contributed by atoms with E-state index in [1.54, 1.807) is 10.5 Å². The summed E-state index contributed by atoms with van der Waals surface area (Å²) in [7, 11) is 0. The minimum absolute atomic E-state index is 0.135. The Kier molecular flexibility index (Phi) is 4.54. The summed E-state index contributed by atoms with van der Waals surface area (Å²) in [5.74, 6) is -1.33. The average Bonchev–Trinajstić information content (AvgIpc) is 3.43. The smallest absolute Gasteiger partial charge is 0.382 e. The highest BCUT2D eigenvalue weighted by molar-refractivity contribution is 5.98. The van der Waals surface area contributed by atoms with E-state index in [4.69, 9.17) is 5.73 Å². The lowest BCUT2D eigenvalue weighted by atomic mass is 9.96. The second kappa shape index (κ2) is 7.18. The number of carbonyl (C=O) groups is 1. The van der Waals surface area contributed by atoms with Gasteiger partial charge in [-0.1, -0.05) is 18.2 Å². The predicted molar refractivity (Wildman–Crippen MR) is 110 cm³/mol. The fourth-order valence-electron chi connectivity index (χ4n) is 4.22. The second-order valence-electron chi connectivity index (χ2n) is 7.83. The first-order valence-electron chi connectivity index (χ1n) is 9.89. The second-order valence-corrected chi connectivity index (χ2v) is 7.83. The zero-order chi connectivity index (χ0) is 22.6. The number of alkyl halides is 3. The lowest BCUT2D eigenvalue weighted by Gasteiger charge is -2.18. The van der Waals surface area contributed by atoms with Gasteiger partial charge in [0.25, 0.3) is 5.91 Å². The predicted octanol–water partition coefficient (Wildman–Crippen LogP) is 4.25. The van der Waals surface area contributed by atoms with Gasteiger partial charge < -0.3 is 10.6 Å². The topological polar surface area (TPSA) is 76.5 Å². The zero-order valence-corrected chi connectivity index (χ0v) is 16.6. The number of amides is 1. The van der Waals surface area contributed by atoms with Crippen molar-refractivity contribution in [3.63, 3.8) is 0 Å². The first-order valence-corrected chi connectivity index (χ1v) is 9.89. The molecule has 1 amide bonds. The average molecular weight is 443 g/mol. The van der Waals surface area contributed by atoms with Crippen LogP contribution in [0.15, 0.2) is 48.9 Å². The number of imidazole rings is 1. The molecule has 1 unspecified atom stereocenters. The number of likely N-dealkylation sites (tertiary alicyclic amines) is 1. The van der Waals surface area contributed by atoms with Crippen molar-refractivity contribution in [3.8, 4) is 0 Å². The van der Waals surface area contributed by atoms with Crippen LogP contribution in [0.4, 0.5) is 23.4 Å². The number of fused-ring (bicyclic) bond motifs is 3. The van der Waals surface area contributed by atoms with Gasteiger partial charge in [-0.3, -0.25) is 9.20 Å². The summed E-state index contributed by atoms with van der Waals surface area (Å²) < 4.78 is 55.6. The third-order valence-corrected chi connectivity index (χ3v) is 5.86. The molecule has 0 spiro atoms. The summed E-state index contributed by atoms with van der Waals surface area (Å²) in [6.07, 6.45) is -0.922. The van der Waals surface area contributed by atoms with Gasteiger partial charge >= 0.3 is 6.18 Å². The molecule has 0 radical (unpaired) electrons. The molecule has 1 aliphatic rings. The molecule has 5 rings (SSSR count). The van der Waals surface area contributed by atoms with Gasteiger partial charge in [-0.25, -0.2) is 14.4 Å². The number of aromatic nitrogens is 3. The largest absolute Gasteiger partial charge is 0.416 e. The summed E-state index contributed by atoms with van der Waals surface area (Å²) in [6, 6.07) is 7.67. The Morgan fingerprint density at radius 1 is 1.16 bits per heavy atom. The van der Waals surface area contributed by atoms with Gasteiger partial charge in [-0.15, -0.1) is 0 Å². The van der Waals surface area contributed by atoms with E-state index in [1.165, 1.54) is 29.6 Å². The Morgan fingerprint density at radius 2 is 1.97 bits per heavy atom. The van der Waals surface area contributed by atoms with Crippen molar-refractivity contribution in [1.82, 2.24) is 19.3 Å². The van der Waals surface area contributed by atoms with Gasteiger partial charge in [0.2, 0.25) is 0 Å². The van der Waals surface area contributed by atoms with Crippen LogP contribution in [0.2, 0.25) is 0 Å². The van der Waals surface area contributed by atoms with Crippen LogP contribution in [-0.2, 0) is 6.18 Å². The highest BCUT2D eigenvalue weighted by Crippen LogP contribution is 2.34. The highest BCUT2D eigenvalue weighted by Gasteiger charge is 2.33. The molecular formula is C22H17F4N5O. The SMILES string of the molecule is Nc1nc2cc(F)c(C(=O)N3CCC(c4cccc(C(F)(F)F)c4)C3)cc2n2cncc12. The van der Waals surface area contributed by atoms with Crippen LogP contribution in [0.25, 0.3) is 16.6 Å². The van der Waals surface area contributed by atoms with E-state index in [0.717, 1.165) is 18.2 Å². The highest BCUT2D eigenvalue weighted by atomic mass is 19.4. The summed E-state index contributed by atoms with van der Waals surface area (Å²) >= 11 is 0. The van der Waals surface area contributed by atoms with Crippen molar-refractivity contribution in [2.75, 3.05) is 18.8 Å². The molecule has 1 atom stereocenters. The monoisotopic (exact) mass is 443 g/mol. The molecule has 1 aliphatic heterocycles. The van der Waals surface area contributed by atoms with Crippen LogP contribution >= 0.6 is 0 Å². The summed E-state index contributed by atoms with van der Waals surface area (Å²) in [5, 5.41) is 0. The van der Waals surface area contributed by atoms with Crippen LogP contribution in [-0.4, -0.2) is 38.3 Å². The van der Waals surface area contributed by atoms with E-state index in [-0.39, 0.29) is 29.4 Å². The summed E-state index contributed by atoms with van der Waals surface area (Å²) in [5.41, 5.74) is 6.82. The van der Waals surface area contributed by atoms with Crippen LogP contribution in [0.5, 0.6) is 0 Å². The quantitative estimate of drug-likeness (QED) is 0.470. The minimum atomic E-state index is -4.44. The van der Waals surface area contributed by atoms with E-state index in [0.29, 0.717) is 29.6 Å². The van der Waals surface area contributed by atoms with Gasteiger partial charge in [-0.2, -0.15) is 13.2 Å². The Morgan fingerprint density at radius 3 is 2.75 bits per heavy atom. The van der Waals surface area contributed by atoms with Crippen LogP contribution < -0.4 is 5.73 Å². The lowest BCUT2D eigenvalue weighted by molar-refractivity contribution is -0.137. The first kappa shape index (κ1) is 20.2. The van der Waals surface area contributed by atoms with Crippen molar-refractivity contribution in [2.45, 2.75) is 18.5 Å². The number of anilines is 1. The Hall–Kier alpha value is -3.69. The number of halogens is 4. The van der Waals surface area contributed by atoms with Crippen molar-refractivity contribution in [2.24, 2.45) is 0 Å². The van der Waals surface area contributed by atoms with Crippen LogP contribution in [0.3, 0.4) is 0 Å². The van der Waals surface area contributed by atoms with Crippen LogP contribution in [0.1, 0.15) is 33.8 Å². The summed E-state index contributed by atoms with van der Waals surface area (Å²) in [6.45, 7) is 0.524. The molecule has 0 bridgehead atoms. The Labute approximate surface area is 179 Å². The van der Waals surface area contributed by atoms with Gasteiger partial charge in [-0.05, 0) is 24.1 Å². The maximum absolute atomic E-state index is 14.8. The number of benzene rings is 2. The van der Waals surface area contributed by atoms with E-state index in [1.807, 2.05) is 0 Å². The number of nitrogens with two attached hydrogens (primary N) is 1. The number of carbonyl (C=O) groups excluding carboxylic acids is 1. The third-order valence-electron chi connectivity index (χ3n) is 5.86. The summed E-state index contributed by atoms with van der Waals surface area (Å²) in [4.78, 5) is 22.8. The number of hydrogen-bond acceptors (Lipinski definition) is 4. The minimum Gasteiger partial charge on any atom is -0.382 e. The van der Waals surface area contributed by atoms with E-state index in [2.05, 4.69) is 9.97 Å². The van der Waals surface area contributed by atoms with Crippen molar-refractivity contribution in [1.29, 1.82) is 0 Å². The molecule has 1 saturated heterocycles. The van der Waals surface area contributed by atoms with E-state index in [9.17, 15) is 22.4 Å². The zero-order valence-electron chi connectivity index (χ0n) is 16.6. The molecule has 164 valence electrons. The van der Waals surface area contributed by atoms with Crippen molar-refractivity contribution in [3.05, 3.63) is 71.4 Å². The van der Waals surface area contributed by atoms with Gasteiger partial charge in [0, 0.05) is 25.1 Å². The maximum atomic E-state index is 14.8. The fraction of sp³-hybridized carbons (Fsp3) is 0.227. The molecule has 2 aromatic carbocycles. The molecule has 3 heterocycles. The molecule has 32 heavy (non-hydrogen) atoms. The van der Waals surface area contributed by atoms with Gasteiger partial charge in [0.15, 0.2) is 0 Å². The Bertz CT molecular complexity index is 1360. The normalized spacial score (nSPS) is 16.9. The first-order chi connectivity index (χ1) is 15.2. The maximum Gasteiger partial charge on any atom is 0.416 e. The molecule has 4 aromatic rings. The molecule has 2 N–H and O–H groups in total. The lowest BCUT2D eigenvalue weighted by Crippen LogP contribution is -2.29. The molecule has 0 saturated carbocycles. The van der Waals surface area contributed by atoms with Gasteiger partial charge in [0.1, 0.15) is 17.2 Å². The number of nitrogens with zero attached hydrogens (tertiary/aromatic N) is 4. The van der Waals surface area contributed by atoms with E-state index < -0.39 is 23.5 Å². The Balaban J connectivity index is 1.45. The number of hydrogen-bond donors (Lipinski definition) is 1. The molecule has 0 aliphatic carbocycles. The fourth-order valence-corrected chi connectivity index (χ4v) is 4.22. The third kappa shape index (κ3) is 3.31. The van der Waals surface area contributed by atoms with Gasteiger partial charge in [0.05, 0.1) is 34.7 Å². The standard InChI is InChI=1S/C22H17F4N5O/c23-16-8-17-18(31-11-28-9-19(31)20(27)29-17)7-15(16)21(32)30-5-4-13(10-30)12-2-1-3-14(6-12)22(24,25)26/h1-3,6-9,11,13H,4-5,10H2,(H2,27,29). The molecule has 2 aromatic heterocycles. The van der Waals surface area contributed by atoms with Crippen molar-refractivity contribution < 1.29 is 22.4 Å². The van der Waals surface area contributed by atoms with Crippen molar-refractivity contribution >= 4 is 28.3 Å². The molecule has 10 heteroatoms. The number of nitrogen functional groups attached to an aromatic ring is 1. The van der Waals surface area contributed by atoms with Crippen LogP contribution in [0, 0.1) is 5.82 Å². The molecule has 1 fully saturated rings. The number of rotatable bonds is 2.